The van der Waals surface area contributed by atoms with Crippen LogP contribution >= 0.6 is 11.6 Å². The zero-order valence-corrected chi connectivity index (χ0v) is 11.9. The van der Waals surface area contributed by atoms with Crippen molar-refractivity contribution >= 4 is 34.0 Å². The highest BCUT2D eigenvalue weighted by Gasteiger charge is 2.26. The average molecular weight is 287 g/mol. The van der Waals surface area contributed by atoms with Gasteiger partial charge in [0.05, 0.1) is 10.5 Å². The Balaban J connectivity index is 2.03. The summed E-state index contributed by atoms with van der Waals surface area (Å²) in [6.07, 6.45) is 7.52. The van der Waals surface area contributed by atoms with Crippen LogP contribution in [0.4, 0.5) is 0 Å². The van der Waals surface area contributed by atoms with Crippen LogP contribution in [0.1, 0.15) is 48.3 Å². The fraction of sp³-hybridized carbons (Fsp3) is 0.375. The number of carbonyl (C=O) groups excluding carboxylic acids is 1. The molecule has 0 atom stereocenters. The van der Waals surface area contributed by atoms with Gasteiger partial charge < -0.3 is 4.57 Å². The molecule has 0 bridgehead atoms. The molecule has 4 heteroatoms. The van der Waals surface area contributed by atoms with Crippen LogP contribution in [-0.4, -0.2) is 15.3 Å². The maximum absolute atomic E-state index is 12.1. The smallest absolute Gasteiger partial charge is 0.166 e. The number of imidazole rings is 1. The Hall–Kier alpha value is -1.61. The fourth-order valence-electron chi connectivity index (χ4n) is 3.28. The number of aryl methyl sites for hydroxylation is 1. The van der Waals surface area contributed by atoms with Crippen molar-refractivity contribution in [2.24, 2.45) is 0 Å². The van der Waals surface area contributed by atoms with Crippen LogP contribution in [0.2, 0.25) is 5.02 Å². The number of Topliss-reactive ketones (excluding diaryl/α,β-unsaturated/α-hetero) is 1. The van der Waals surface area contributed by atoms with Crippen LogP contribution in [0.3, 0.4) is 0 Å². The minimum atomic E-state index is 0.197. The summed E-state index contributed by atoms with van der Waals surface area (Å²) in [5.74, 6) is 1.21. The van der Waals surface area contributed by atoms with Crippen LogP contribution in [0, 0.1) is 0 Å². The summed E-state index contributed by atoms with van der Waals surface area (Å²) < 4.78 is 2.19. The van der Waals surface area contributed by atoms with E-state index in [4.69, 9.17) is 16.6 Å². The molecule has 1 aliphatic heterocycles. The third kappa shape index (κ3) is 1.66. The molecule has 0 unspecified atom stereocenters. The van der Waals surface area contributed by atoms with E-state index in [2.05, 4.69) is 10.6 Å². The van der Waals surface area contributed by atoms with Crippen molar-refractivity contribution in [1.82, 2.24) is 9.55 Å². The number of nitrogens with zero attached hydrogens (tertiary/aromatic N) is 2. The van der Waals surface area contributed by atoms with Crippen molar-refractivity contribution in [3.63, 3.8) is 0 Å². The van der Waals surface area contributed by atoms with E-state index in [1.165, 1.54) is 18.4 Å². The van der Waals surface area contributed by atoms with Gasteiger partial charge in [-0.15, -0.1) is 0 Å². The van der Waals surface area contributed by atoms with E-state index < -0.39 is 0 Å². The Labute approximate surface area is 122 Å². The summed E-state index contributed by atoms with van der Waals surface area (Å²) in [5.41, 5.74) is 3.78. The minimum absolute atomic E-state index is 0.197. The molecule has 1 aromatic carbocycles. The molecule has 0 saturated carbocycles. The van der Waals surface area contributed by atoms with Crippen LogP contribution < -0.4 is 0 Å². The number of carbonyl (C=O) groups is 1. The average Bonchev–Trinajstić information content (AvgIpc) is 2.87. The van der Waals surface area contributed by atoms with Gasteiger partial charge in [-0.1, -0.05) is 17.7 Å². The van der Waals surface area contributed by atoms with Gasteiger partial charge in [0.2, 0.25) is 0 Å². The van der Waals surface area contributed by atoms with Gasteiger partial charge >= 0.3 is 0 Å². The Bertz CT molecular complexity index is 757. The third-order valence-corrected chi connectivity index (χ3v) is 4.59. The number of ketones is 1. The molecule has 1 aliphatic carbocycles. The molecule has 0 fully saturated rings. The molecule has 2 heterocycles. The lowest BCUT2D eigenvalue weighted by molar-refractivity contribution is 0.0973. The van der Waals surface area contributed by atoms with E-state index in [0.717, 1.165) is 41.8 Å². The zero-order chi connectivity index (χ0) is 13.7. The first-order valence-corrected chi connectivity index (χ1v) is 7.55. The van der Waals surface area contributed by atoms with Crippen LogP contribution in [0.5, 0.6) is 0 Å². The molecule has 102 valence electrons. The number of hydrogen-bond donors (Lipinski definition) is 0. The summed E-state index contributed by atoms with van der Waals surface area (Å²) in [6, 6.07) is 3.63. The monoisotopic (exact) mass is 286 g/mol. The maximum atomic E-state index is 12.1. The largest absolute Gasteiger partial charge is 0.323 e. The maximum Gasteiger partial charge on any atom is 0.166 e. The second-order valence-corrected chi connectivity index (χ2v) is 5.93. The number of rotatable bonds is 1. The summed E-state index contributed by atoms with van der Waals surface area (Å²) in [5, 5.41) is 0.634. The van der Waals surface area contributed by atoms with E-state index in [1.807, 2.05) is 6.07 Å². The molecular weight excluding hydrogens is 272 g/mol. The highest BCUT2D eigenvalue weighted by Crippen LogP contribution is 2.35. The van der Waals surface area contributed by atoms with Gasteiger partial charge in [-0.3, -0.25) is 4.79 Å². The predicted octanol–water partition coefficient (Wildman–Crippen LogP) is 4.23. The number of hydrogen-bond acceptors (Lipinski definition) is 2. The molecule has 4 rings (SSSR count). The van der Waals surface area contributed by atoms with Crippen LogP contribution in [-0.2, 0) is 6.54 Å². The summed E-state index contributed by atoms with van der Waals surface area (Å²) >= 11 is 6.28. The molecule has 1 aromatic heterocycles. The fourth-order valence-corrected chi connectivity index (χ4v) is 3.48. The van der Waals surface area contributed by atoms with E-state index >= 15 is 0 Å². The second kappa shape index (κ2) is 4.45. The molecule has 0 spiro atoms. The molecule has 0 radical (unpaired) electrons. The van der Waals surface area contributed by atoms with Crippen molar-refractivity contribution < 1.29 is 4.79 Å². The van der Waals surface area contributed by atoms with E-state index in [9.17, 15) is 4.79 Å². The number of benzene rings is 1. The Morgan fingerprint density at radius 2 is 2.10 bits per heavy atom. The molecule has 2 aliphatic rings. The second-order valence-electron chi connectivity index (χ2n) is 5.53. The summed E-state index contributed by atoms with van der Waals surface area (Å²) in [4.78, 5) is 16.8. The van der Waals surface area contributed by atoms with E-state index in [-0.39, 0.29) is 5.78 Å². The first kappa shape index (κ1) is 12.2. The van der Waals surface area contributed by atoms with Crippen molar-refractivity contribution in [3.8, 4) is 0 Å². The Morgan fingerprint density at radius 3 is 2.90 bits per heavy atom. The molecule has 3 nitrogen and oxygen atoms in total. The van der Waals surface area contributed by atoms with Crippen molar-refractivity contribution in [1.29, 1.82) is 0 Å². The number of allylic oxidation sites excluding steroid dienone is 2. The molecule has 0 saturated heterocycles. The highest BCUT2D eigenvalue weighted by atomic mass is 35.5. The van der Waals surface area contributed by atoms with Crippen molar-refractivity contribution in [2.45, 2.75) is 38.6 Å². The number of aromatic nitrogens is 2. The molecule has 20 heavy (non-hydrogen) atoms. The topological polar surface area (TPSA) is 34.9 Å². The lowest BCUT2D eigenvalue weighted by Crippen LogP contribution is -2.16. The standard InChI is InChI=1S/C16H15ClN2O/c17-12-7-6-11-13(20)8-9-19-15(11)14(12)18-16(19)10-4-2-1-3-5-10/h4,6-7H,1-3,5,8-9H2. The van der Waals surface area contributed by atoms with E-state index in [0.29, 0.717) is 11.4 Å². The van der Waals surface area contributed by atoms with Gasteiger partial charge in [0, 0.05) is 18.5 Å². The third-order valence-electron chi connectivity index (χ3n) is 4.29. The SMILES string of the molecule is O=C1CCn2c(C3=CCCCC3)nc3c(Cl)ccc1c32. The van der Waals surface area contributed by atoms with Crippen LogP contribution in [0.15, 0.2) is 18.2 Å². The van der Waals surface area contributed by atoms with E-state index in [1.54, 1.807) is 6.07 Å². The quantitative estimate of drug-likeness (QED) is 0.786. The number of halogens is 1. The van der Waals surface area contributed by atoms with Gasteiger partial charge in [-0.05, 0) is 43.4 Å². The molecule has 0 N–H and O–H groups in total. The highest BCUT2D eigenvalue weighted by molar-refractivity contribution is 6.35. The normalized spacial score (nSPS) is 18.4. The summed E-state index contributed by atoms with van der Waals surface area (Å²) in [7, 11) is 0. The lowest BCUT2D eigenvalue weighted by Gasteiger charge is -2.18. The first-order valence-electron chi connectivity index (χ1n) is 7.17. The minimum Gasteiger partial charge on any atom is -0.323 e. The first-order chi connectivity index (χ1) is 9.75. The lowest BCUT2D eigenvalue weighted by atomic mass is 9.98. The van der Waals surface area contributed by atoms with Gasteiger partial charge in [-0.25, -0.2) is 4.98 Å². The molecule has 2 aromatic rings. The molecule has 0 amide bonds. The van der Waals surface area contributed by atoms with Gasteiger partial charge in [0.25, 0.3) is 0 Å². The van der Waals surface area contributed by atoms with Gasteiger partial charge in [0.15, 0.2) is 5.78 Å². The van der Waals surface area contributed by atoms with Gasteiger partial charge in [0.1, 0.15) is 11.3 Å². The van der Waals surface area contributed by atoms with Crippen molar-refractivity contribution in [2.75, 3.05) is 0 Å². The summed E-state index contributed by atoms with van der Waals surface area (Å²) in [6.45, 7) is 0.718. The zero-order valence-electron chi connectivity index (χ0n) is 11.2. The predicted molar refractivity (Wildman–Crippen MR) is 80.1 cm³/mol. The Morgan fingerprint density at radius 1 is 1.20 bits per heavy atom. The van der Waals surface area contributed by atoms with Crippen LogP contribution in [0.25, 0.3) is 16.6 Å². The van der Waals surface area contributed by atoms with Gasteiger partial charge in [-0.2, -0.15) is 0 Å². The van der Waals surface area contributed by atoms with Crippen molar-refractivity contribution in [3.05, 3.63) is 34.6 Å². The Kier molecular flexibility index (Phi) is 2.71. The molecular formula is C16H15ClN2O.